The number of halogens is 1. The molecule has 0 radical (unpaired) electrons. The number of amides is 1. The van der Waals surface area contributed by atoms with Gasteiger partial charge in [-0.1, -0.05) is 0 Å². The molecule has 1 saturated heterocycles. The SMILES string of the molecule is COCC(CCCl)NC(=O)C1CCCO1. The summed E-state index contributed by atoms with van der Waals surface area (Å²) in [6.07, 6.45) is 2.21. The van der Waals surface area contributed by atoms with Gasteiger partial charge in [0.2, 0.25) is 5.91 Å². The molecule has 1 amide bonds. The number of methoxy groups -OCH3 is 1. The number of hydrogen-bond donors (Lipinski definition) is 1. The van der Waals surface area contributed by atoms with E-state index in [0.29, 0.717) is 25.5 Å². The summed E-state index contributed by atoms with van der Waals surface area (Å²) >= 11 is 5.64. The van der Waals surface area contributed by atoms with Crippen molar-refractivity contribution in [1.82, 2.24) is 5.32 Å². The van der Waals surface area contributed by atoms with Crippen LogP contribution in [0, 0.1) is 0 Å². The molecule has 4 nitrogen and oxygen atoms in total. The van der Waals surface area contributed by atoms with E-state index >= 15 is 0 Å². The first-order valence-corrected chi connectivity index (χ1v) is 5.78. The monoisotopic (exact) mass is 235 g/mol. The minimum absolute atomic E-state index is 0.0100. The first-order valence-electron chi connectivity index (χ1n) is 5.24. The summed E-state index contributed by atoms with van der Waals surface area (Å²) in [6, 6.07) is -0.0100. The molecule has 88 valence electrons. The summed E-state index contributed by atoms with van der Waals surface area (Å²) in [6.45, 7) is 1.17. The normalized spacial score (nSPS) is 22.7. The Morgan fingerprint density at radius 1 is 1.73 bits per heavy atom. The number of rotatable bonds is 6. The van der Waals surface area contributed by atoms with Gasteiger partial charge in [-0.3, -0.25) is 4.79 Å². The van der Waals surface area contributed by atoms with Gasteiger partial charge in [-0.25, -0.2) is 0 Å². The Morgan fingerprint density at radius 3 is 3.07 bits per heavy atom. The molecule has 1 fully saturated rings. The van der Waals surface area contributed by atoms with Crippen molar-refractivity contribution in [3.8, 4) is 0 Å². The molecule has 0 saturated carbocycles. The van der Waals surface area contributed by atoms with Crippen molar-refractivity contribution >= 4 is 17.5 Å². The number of hydrogen-bond acceptors (Lipinski definition) is 3. The highest BCUT2D eigenvalue weighted by Gasteiger charge is 2.25. The molecular weight excluding hydrogens is 218 g/mol. The number of alkyl halides is 1. The highest BCUT2D eigenvalue weighted by Crippen LogP contribution is 2.12. The maximum atomic E-state index is 11.7. The average molecular weight is 236 g/mol. The molecule has 2 unspecified atom stereocenters. The fourth-order valence-electron chi connectivity index (χ4n) is 1.61. The van der Waals surface area contributed by atoms with E-state index in [1.165, 1.54) is 0 Å². The molecule has 1 rings (SSSR count). The molecule has 0 spiro atoms. The predicted octanol–water partition coefficient (Wildman–Crippen LogP) is 0.925. The van der Waals surface area contributed by atoms with Crippen molar-refractivity contribution in [1.29, 1.82) is 0 Å². The zero-order valence-electron chi connectivity index (χ0n) is 9.00. The fraction of sp³-hybridized carbons (Fsp3) is 0.900. The second-order valence-corrected chi connectivity index (χ2v) is 4.02. The van der Waals surface area contributed by atoms with Gasteiger partial charge in [-0.15, -0.1) is 11.6 Å². The van der Waals surface area contributed by atoms with E-state index in [1.54, 1.807) is 7.11 Å². The number of ether oxygens (including phenoxy) is 2. The van der Waals surface area contributed by atoms with Gasteiger partial charge < -0.3 is 14.8 Å². The van der Waals surface area contributed by atoms with Crippen LogP contribution >= 0.6 is 11.6 Å². The van der Waals surface area contributed by atoms with Crippen LogP contribution in [0.4, 0.5) is 0 Å². The van der Waals surface area contributed by atoms with Crippen molar-refractivity contribution in [2.45, 2.75) is 31.4 Å². The third kappa shape index (κ3) is 4.36. The highest BCUT2D eigenvalue weighted by molar-refractivity contribution is 6.17. The standard InChI is InChI=1S/C10H18ClNO3/c1-14-7-8(4-5-11)12-10(13)9-3-2-6-15-9/h8-9H,2-7H2,1H3,(H,12,13). The van der Waals surface area contributed by atoms with E-state index in [2.05, 4.69) is 5.32 Å². The van der Waals surface area contributed by atoms with Crippen LogP contribution in [0.3, 0.4) is 0 Å². The molecular formula is C10H18ClNO3. The summed E-state index contributed by atoms with van der Waals surface area (Å²) < 4.78 is 10.3. The Kier molecular flexibility index (Phi) is 5.98. The van der Waals surface area contributed by atoms with E-state index in [1.807, 2.05) is 0 Å². The van der Waals surface area contributed by atoms with Crippen molar-refractivity contribution in [2.75, 3.05) is 26.2 Å². The summed E-state index contributed by atoms with van der Waals surface area (Å²) in [5, 5.41) is 2.89. The molecule has 1 aliphatic rings. The quantitative estimate of drug-likeness (QED) is 0.697. The van der Waals surface area contributed by atoms with E-state index in [9.17, 15) is 4.79 Å². The Bertz CT molecular complexity index is 189. The second kappa shape index (κ2) is 7.04. The van der Waals surface area contributed by atoms with Crippen molar-refractivity contribution in [3.63, 3.8) is 0 Å². The van der Waals surface area contributed by atoms with Crippen LogP contribution in [0.2, 0.25) is 0 Å². The van der Waals surface area contributed by atoms with Crippen LogP contribution in [0.15, 0.2) is 0 Å². The lowest BCUT2D eigenvalue weighted by atomic mass is 10.2. The van der Waals surface area contributed by atoms with Gasteiger partial charge in [0.25, 0.3) is 0 Å². The van der Waals surface area contributed by atoms with Crippen LogP contribution in [0.25, 0.3) is 0 Å². The second-order valence-electron chi connectivity index (χ2n) is 3.64. The Balaban J connectivity index is 2.31. The lowest BCUT2D eigenvalue weighted by molar-refractivity contribution is -0.131. The molecule has 0 aromatic rings. The fourth-order valence-corrected chi connectivity index (χ4v) is 1.87. The van der Waals surface area contributed by atoms with E-state index < -0.39 is 0 Å². The van der Waals surface area contributed by atoms with Gasteiger partial charge in [0.15, 0.2) is 0 Å². The van der Waals surface area contributed by atoms with Gasteiger partial charge in [-0.2, -0.15) is 0 Å². The molecule has 2 atom stereocenters. The van der Waals surface area contributed by atoms with Crippen LogP contribution in [-0.2, 0) is 14.3 Å². The predicted molar refractivity (Wildman–Crippen MR) is 58.1 cm³/mol. The van der Waals surface area contributed by atoms with Gasteiger partial charge in [-0.05, 0) is 19.3 Å². The minimum atomic E-state index is -0.278. The number of carbonyl (C=O) groups excluding carboxylic acids is 1. The summed E-state index contributed by atoms with van der Waals surface area (Å²) in [5.74, 6) is 0.472. The molecule has 1 heterocycles. The molecule has 15 heavy (non-hydrogen) atoms. The van der Waals surface area contributed by atoms with E-state index in [4.69, 9.17) is 21.1 Å². The Morgan fingerprint density at radius 2 is 2.53 bits per heavy atom. The number of carbonyl (C=O) groups is 1. The molecule has 0 aliphatic carbocycles. The van der Waals surface area contributed by atoms with Crippen LogP contribution in [-0.4, -0.2) is 44.3 Å². The van der Waals surface area contributed by atoms with Gasteiger partial charge in [0, 0.05) is 19.6 Å². The summed E-state index contributed by atoms with van der Waals surface area (Å²) in [4.78, 5) is 11.7. The van der Waals surface area contributed by atoms with Crippen LogP contribution in [0.1, 0.15) is 19.3 Å². The van der Waals surface area contributed by atoms with E-state index in [-0.39, 0.29) is 18.1 Å². The largest absolute Gasteiger partial charge is 0.383 e. The first-order chi connectivity index (χ1) is 7.27. The highest BCUT2D eigenvalue weighted by atomic mass is 35.5. The molecule has 1 aliphatic heterocycles. The Hall–Kier alpha value is -0.320. The van der Waals surface area contributed by atoms with Gasteiger partial charge >= 0.3 is 0 Å². The molecule has 0 aromatic carbocycles. The van der Waals surface area contributed by atoms with Crippen molar-refractivity contribution in [2.24, 2.45) is 0 Å². The van der Waals surface area contributed by atoms with E-state index in [0.717, 1.165) is 12.8 Å². The van der Waals surface area contributed by atoms with Gasteiger partial charge in [0.05, 0.1) is 12.6 Å². The lowest BCUT2D eigenvalue weighted by Crippen LogP contribution is -2.43. The zero-order chi connectivity index (χ0) is 11.1. The van der Waals surface area contributed by atoms with Crippen molar-refractivity contribution in [3.05, 3.63) is 0 Å². The lowest BCUT2D eigenvalue weighted by Gasteiger charge is -2.18. The van der Waals surface area contributed by atoms with Gasteiger partial charge in [0.1, 0.15) is 6.10 Å². The molecule has 1 N–H and O–H groups in total. The first kappa shape index (κ1) is 12.7. The topological polar surface area (TPSA) is 47.6 Å². The van der Waals surface area contributed by atoms with Crippen LogP contribution < -0.4 is 5.32 Å². The maximum Gasteiger partial charge on any atom is 0.249 e. The maximum absolute atomic E-state index is 11.7. The number of nitrogens with one attached hydrogen (secondary N) is 1. The third-order valence-electron chi connectivity index (χ3n) is 2.39. The van der Waals surface area contributed by atoms with Crippen LogP contribution in [0.5, 0.6) is 0 Å². The molecule has 5 heteroatoms. The third-order valence-corrected chi connectivity index (χ3v) is 2.61. The smallest absolute Gasteiger partial charge is 0.249 e. The Labute approximate surface area is 95.3 Å². The summed E-state index contributed by atoms with van der Waals surface area (Å²) in [5.41, 5.74) is 0. The zero-order valence-corrected chi connectivity index (χ0v) is 9.76. The molecule has 0 bridgehead atoms. The molecule has 0 aromatic heterocycles. The minimum Gasteiger partial charge on any atom is -0.383 e. The summed E-state index contributed by atoms with van der Waals surface area (Å²) in [7, 11) is 1.61. The van der Waals surface area contributed by atoms with Crippen molar-refractivity contribution < 1.29 is 14.3 Å². The average Bonchev–Trinajstić information content (AvgIpc) is 2.71.